The van der Waals surface area contributed by atoms with Crippen LogP contribution in [0.5, 0.6) is 0 Å². The molecule has 1 N–H and O–H groups in total. The number of nitrogens with zero attached hydrogens (tertiary/aromatic N) is 1. The molecule has 0 bridgehead atoms. The van der Waals surface area contributed by atoms with E-state index in [4.69, 9.17) is 21.4 Å². The fraction of sp³-hybridized carbons (Fsp3) is 0.500. The quantitative estimate of drug-likeness (QED) is 0.814. The molecule has 3 nitrogen and oxygen atoms in total. The Kier molecular flexibility index (Phi) is 6.44. The van der Waals surface area contributed by atoms with E-state index in [1.54, 1.807) is 19.2 Å². The minimum absolute atomic E-state index is 0.0692. The minimum Gasteiger partial charge on any atom is -0.395 e. The summed E-state index contributed by atoms with van der Waals surface area (Å²) in [4.78, 5) is 1.99. The Morgan fingerprint density at radius 2 is 2.18 bits per heavy atom. The number of hydrogen-bond acceptors (Lipinski definition) is 3. The van der Waals surface area contributed by atoms with Gasteiger partial charge in [0.25, 0.3) is 0 Å². The maximum Gasteiger partial charge on any atom is 0.142 e. The Hall–Kier alpha value is -0.680. The predicted molar refractivity (Wildman–Crippen MR) is 65.6 cm³/mol. The van der Waals surface area contributed by atoms with E-state index in [0.717, 1.165) is 5.56 Å². The van der Waals surface area contributed by atoms with Crippen LogP contribution < -0.4 is 0 Å². The van der Waals surface area contributed by atoms with Crippen molar-refractivity contribution in [1.29, 1.82) is 0 Å². The van der Waals surface area contributed by atoms with Gasteiger partial charge in [-0.3, -0.25) is 4.90 Å². The number of aliphatic hydroxyl groups is 1. The molecule has 0 fully saturated rings. The second kappa shape index (κ2) is 7.61. The lowest BCUT2D eigenvalue weighted by Crippen LogP contribution is -2.29. The van der Waals surface area contributed by atoms with Crippen molar-refractivity contribution in [3.05, 3.63) is 34.6 Å². The number of rotatable bonds is 7. The summed E-state index contributed by atoms with van der Waals surface area (Å²) in [7, 11) is 1.62. The zero-order valence-electron chi connectivity index (χ0n) is 9.83. The number of ether oxygens (including phenoxy) is 1. The Labute approximate surface area is 106 Å². The van der Waals surface area contributed by atoms with Crippen LogP contribution in [0.4, 0.5) is 4.39 Å². The number of aliphatic hydroxyl groups excluding tert-OH is 1. The molecule has 0 saturated carbocycles. The van der Waals surface area contributed by atoms with Gasteiger partial charge in [0, 0.05) is 26.7 Å². The van der Waals surface area contributed by atoms with E-state index >= 15 is 0 Å². The molecule has 1 rings (SSSR count). The van der Waals surface area contributed by atoms with E-state index in [-0.39, 0.29) is 11.6 Å². The maximum atomic E-state index is 13.2. The molecular formula is C12H17ClFNO2. The van der Waals surface area contributed by atoms with E-state index in [2.05, 4.69) is 0 Å². The monoisotopic (exact) mass is 261 g/mol. The molecule has 1 aromatic carbocycles. The van der Waals surface area contributed by atoms with Crippen LogP contribution in [0.3, 0.4) is 0 Å². The van der Waals surface area contributed by atoms with Crippen molar-refractivity contribution < 1.29 is 14.2 Å². The molecule has 0 heterocycles. The maximum absolute atomic E-state index is 13.2. The summed E-state index contributed by atoms with van der Waals surface area (Å²) in [6.45, 7) is 2.45. The molecule has 1 aromatic rings. The van der Waals surface area contributed by atoms with Gasteiger partial charge in [0.2, 0.25) is 0 Å². The first-order valence-electron chi connectivity index (χ1n) is 5.43. The Morgan fingerprint density at radius 3 is 2.76 bits per heavy atom. The molecule has 0 amide bonds. The third-order valence-electron chi connectivity index (χ3n) is 2.42. The van der Waals surface area contributed by atoms with Crippen LogP contribution in [0.2, 0.25) is 5.02 Å². The van der Waals surface area contributed by atoms with Gasteiger partial charge < -0.3 is 9.84 Å². The molecule has 0 aliphatic heterocycles. The highest BCUT2D eigenvalue weighted by Crippen LogP contribution is 2.16. The molecule has 0 atom stereocenters. The van der Waals surface area contributed by atoms with Crippen molar-refractivity contribution in [2.45, 2.75) is 6.54 Å². The van der Waals surface area contributed by atoms with Crippen molar-refractivity contribution in [2.75, 3.05) is 33.4 Å². The van der Waals surface area contributed by atoms with Gasteiger partial charge in [-0.05, 0) is 17.7 Å². The van der Waals surface area contributed by atoms with Gasteiger partial charge in [-0.1, -0.05) is 17.7 Å². The predicted octanol–water partition coefficient (Wildman–Crippen LogP) is 1.92. The molecule has 0 aromatic heterocycles. The average Bonchev–Trinajstić information content (AvgIpc) is 2.31. The number of methoxy groups -OCH3 is 1. The van der Waals surface area contributed by atoms with Gasteiger partial charge in [-0.25, -0.2) is 4.39 Å². The standard InChI is InChI=1S/C12H17ClFNO2/c1-17-7-5-15(4-6-16)9-10-2-3-11(13)12(14)8-10/h2-3,8,16H,4-7,9H2,1H3. The Balaban J connectivity index is 2.61. The topological polar surface area (TPSA) is 32.7 Å². The molecular weight excluding hydrogens is 245 g/mol. The molecule has 0 aliphatic carbocycles. The first kappa shape index (κ1) is 14.4. The van der Waals surface area contributed by atoms with Crippen LogP contribution in [0.25, 0.3) is 0 Å². The van der Waals surface area contributed by atoms with Crippen molar-refractivity contribution in [3.8, 4) is 0 Å². The zero-order valence-corrected chi connectivity index (χ0v) is 10.6. The van der Waals surface area contributed by atoms with Crippen molar-refractivity contribution in [2.24, 2.45) is 0 Å². The third-order valence-corrected chi connectivity index (χ3v) is 2.72. The molecule has 0 spiro atoms. The highest BCUT2D eigenvalue weighted by Gasteiger charge is 2.07. The van der Waals surface area contributed by atoms with Gasteiger partial charge in [0.05, 0.1) is 18.2 Å². The lowest BCUT2D eigenvalue weighted by Gasteiger charge is -2.20. The normalized spacial score (nSPS) is 11.1. The highest BCUT2D eigenvalue weighted by atomic mass is 35.5. The number of benzene rings is 1. The Bertz CT molecular complexity index is 349. The lowest BCUT2D eigenvalue weighted by molar-refractivity contribution is 0.127. The SMILES string of the molecule is COCCN(CCO)Cc1ccc(Cl)c(F)c1. The van der Waals surface area contributed by atoms with E-state index in [1.165, 1.54) is 6.07 Å². The summed E-state index contributed by atoms with van der Waals surface area (Å²) in [5.74, 6) is -0.417. The fourth-order valence-electron chi connectivity index (χ4n) is 1.53. The Morgan fingerprint density at radius 1 is 1.41 bits per heavy atom. The molecule has 0 radical (unpaired) electrons. The van der Waals surface area contributed by atoms with Crippen molar-refractivity contribution in [3.63, 3.8) is 0 Å². The van der Waals surface area contributed by atoms with Crippen LogP contribution in [0, 0.1) is 5.82 Å². The minimum atomic E-state index is -0.417. The van der Waals surface area contributed by atoms with E-state index in [9.17, 15) is 4.39 Å². The van der Waals surface area contributed by atoms with Gasteiger partial charge >= 0.3 is 0 Å². The van der Waals surface area contributed by atoms with Crippen LogP contribution in [-0.2, 0) is 11.3 Å². The van der Waals surface area contributed by atoms with Gasteiger partial charge in [-0.2, -0.15) is 0 Å². The molecule has 0 aliphatic rings. The van der Waals surface area contributed by atoms with Crippen LogP contribution in [0.15, 0.2) is 18.2 Å². The zero-order chi connectivity index (χ0) is 12.7. The lowest BCUT2D eigenvalue weighted by atomic mass is 10.2. The fourth-order valence-corrected chi connectivity index (χ4v) is 1.65. The number of halogens is 2. The van der Waals surface area contributed by atoms with Crippen LogP contribution >= 0.6 is 11.6 Å². The third kappa shape index (κ3) is 5.00. The van der Waals surface area contributed by atoms with Crippen molar-refractivity contribution in [1.82, 2.24) is 4.90 Å². The number of hydrogen-bond donors (Lipinski definition) is 1. The van der Waals surface area contributed by atoms with E-state index in [1.807, 2.05) is 4.90 Å². The summed E-state index contributed by atoms with van der Waals surface area (Å²) < 4.78 is 18.2. The molecule has 5 heteroatoms. The molecule has 0 saturated heterocycles. The van der Waals surface area contributed by atoms with Crippen LogP contribution in [-0.4, -0.2) is 43.4 Å². The van der Waals surface area contributed by atoms with E-state index < -0.39 is 5.82 Å². The first-order chi connectivity index (χ1) is 8.17. The summed E-state index contributed by atoms with van der Waals surface area (Å²) in [5.41, 5.74) is 0.830. The average molecular weight is 262 g/mol. The first-order valence-corrected chi connectivity index (χ1v) is 5.81. The smallest absolute Gasteiger partial charge is 0.142 e. The van der Waals surface area contributed by atoms with Crippen molar-refractivity contribution >= 4 is 11.6 Å². The summed E-state index contributed by atoms with van der Waals surface area (Å²) in [6, 6.07) is 4.74. The molecule has 96 valence electrons. The van der Waals surface area contributed by atoms with Gasteiger partial charge in [0.1, 0.15) is 5.82 Å². The highest BCUT2D eigenvalue weighted by molar-refractivity contribution is 6.30. The second-order valence-electron chi connectivity index (χ2n) is 3.74. The van der Waals surface area contributed by atoms with Gasteiger partial charge in [0.15, 0.2) is 0 Å². The van der Waals surface area contributed by atoms with Gasteiger partial charge in [-0.15, -0.1) is 0 Å². The largest absolute Gasteiger partial charge is 0.395 e. The van der Waals surface area contributed by atoms with E-state index in [0.29, 0.717) is 26.2 Å². The molecule has 17 heavy (non-hydrogen) atoms. The summed E-state index contributed by atoms with van der Waals surface area (Å²) in [6.07, 6.45) is 0. The summed E-state index contributed by atoms with van der Waals surface area (Å²) in [5, 5.41) is 9.06. The molecule has 0 unspecified atom stereocenters. The second-order valence-corrected chi connectivity index (χ2v) is 4.15. The summed E-state index contributed by atoms with van der Waals surface area (Å²) >= 11 is 5.61. The van der Waals surface area contributed by atoms with Crippen LogP contribution in [0.1, 0.15) is 5.56 Å².